The normalized spacial score (nSPS) is 19.1. The highest BCUT2D eigenvalue weighted by molar-refractivity contribution is 8.01. The van der Waals surface area contributed by atoms with Gasteiger partial charge in [-0.05, 0) is 19.8 Å². The van der Waals surface area contributed by atoms with Crippen LogP contribution in [-0.2, 0) is 9.53 Å². The molecule has 2 heterocycles. The zero-order chi connectivity index (χ0) is 12.8. The minimum Gasteiger partial charge on any atom is -0.381 e. The Bertz CT molecular complexity index is 391. The first-order valence-electron chi connectivity index (χ1n) is 6.04. The highest BCUT2D eigenvalue weighted by Gasteiger charge is 2.22. The summed E-state index contributed by atoms with van der Waals surface area (Å²) in [5, 5.41) is 11.9. The molecule has 0 aliphatic carbocycles. The Kier molecular flexibility index (Phi) is 5.40. The second-order valence-electron chi connectivity index (χ2n) is 4.14. The quantitative estimate of drug-likeness (QED) is 0.634. The van der Waals surface area contributed by atoms with Crippen LogP contribution in [0.3, 0.4) is 0 Å². The van der Waals surface area contributed by atoms with Crippen molar-refractivity contribution in [1.82, 2.24) is 15.5 Å². The smallest absolute Gasteiger partial charge is 0.225 e. The van der Waals surface area contributed by atoms with Gasteiger partial charge in [0, 0.05) is 18.9 Å². The summed E-state index contributed by atoms with van der Waals surface area (Å²) in [4.78, 5) is 11.7. The van der Waals surface area contributed by atoms with Gasteiger partial charge in [0.2, 0.25) is 5.91 Å². The molecule has 1 fully saturated rings. The molecular weight excluding hydrogens is 270 g/mol. The van der Waals surface area contributed by atoms with Crippen LogP contribution in [-0.4, -0.2) is 41.6 Å². The lowest BCUT2D eigenvalue weighted by atomic mass is 10.1. The second-order valence-corrected chi connectivity index (χ2v) is 6.66. The minimum absolute atomic E-state index is 0.0588. The maximum Gasteiger partial charge on any atom is 0.225 e. The number of thioether (sulfide) groups is 1. The van der Waals surface area contributed by atoms with E-state index in [1.807, 2.05) is 6.92 Å². The summed E-state index contributed by atoms with van der Waals surface area (Å²) in [6.45, 7) is 3.96. The minimum atomic E-state index is 0.0588. The molecule has 1 saturated heterocycles. The topological polar surface area (TPSA) is 64.1 Å². The number of nitrogens with zero attached hydrogens (tertiary/aromatic N) is 2. The molecule has 0 aromatic carbocycles. The average Bonchev–Trinajstić information content (AvgIpc) is 2.99. The van der Waals surface area contributed by atoms with Crippen molar-refractivity contribution in [3.05, 3.63) is 5.01 Å². The number of rotatable bonds is 6. The number of amides is 1. The van der Waals surface area contributed by atoms with E-state index in [9.17, 15) is 4.79 Å². The first-order chi connectivity index (χ1) is 8.75. The van der Waals surface area contributed by atoms with Gasteiger partial charge in [0.25, 0.3) is 0 Å². The molecule has 1 aromatic rings. The van der Waals surface area contributed by atoms with Gasteiger partial charge in [-0.3, -0.25) is 4.79 Å². The number of aromatic nitrogens is 2. The summed E-state index contributed by atoms with van der Waals surface area (Å²) in [5.74, 6) is 1.14. The Morgan fingerprint density at radius 2 is 2.50 bits per heavy atom. The van der Waals surface area contributed by atoms with E-state index in [1.54, 1.807) is 23.1 Å². The van der Waals surface area contributed by atoms with Crippen LogP contribution >= 0.6 is 23.1 Å². The maximum absolute atomic E-state index is 11.7. The SMILES string of the molecule is Cc1nnc(SCCCNC(=O)[C@H]2CCOC2)s1. The Balaban J connectivity index is 1.54. The van der Waals surface area contributed by atoms with Gasteiger partial charge in [-0.15, -0.1) is 10.2 Å². The molecule has 1 aliphatic rings. The van der Waals surface area contributed by atoms with Gasteiger partial charge >= 0.3 is 0 Å². The predicted molar refractivity (Wildman–Crippen MR) is 71.9 cm³/mol. The van der Waals surface area contributed by atoms with Crippen molar-refractivity contribution in [2.75, 3.05) is 25.5 Å². The van der Waals surface area contributed by atoms with E-state index in [0.29, 0.717) is 13.2 Å². The largest absolute Gasteiger partial charge is 0.381 e. The van der Waals surface area contributed by atoms with Crippen LogP contribution < -0.4 is 5.32 Å². The summed E-state index contributed by atoms with van der Waals surface area (Å²) in [6, 6.07) is 0. The van der Waals surface area contributed by atoms with Crippen LogP contribution in [0, 0.1) is 12.8 Å². The number of nitrogens with one attached hydrogen (secondary N) is 1. The van der Waals surface area contributed by atoms with E-state index < -0.39 is 0 Å². The highest BCUT2D eigenvalue weighted by atomic mass is 32.2. The summed E-state index contributed by atoms with van der Waals surface area (Å²) >= 11 is 3.30. The standard InChI is InChI=1S/C11H17N3O2S2/c1-8-13-14-11(18-8)17-6-2-4-12-10(15)9-3-5-16-7-9/h9H,2-7H2,1H3,(H,12,15)/t9-/m0/s1. The van der Waals surface area contributed by atoms with Crippen LogP contribution in [0.15, 0.2) is 4.34 Å². The van der Waals surface area contributed by atoms with Crippen molar-refractivity contribution in [3.8, 4) is 0 Å². The lowest BCUT2D eigenvalue weighted by Crippen LogP contribution is -2.31. The van der Waals surface area contributed by atoms with E-state index in [4.69, 9.17) is 4.74 Å². The maximum atomic E-state index is 11.7. The van der Waals surface area contributed by atoms with Crippen LogP contribution in [0.2, 0.25) is 0 Å². The molecule has 5 nitrogen and oxygen atoms in total. The zero-order valence-electron chi connectivity index (χ0n) is 10.3. The van der Waals surface area contributed by atoms with E-state index in [1.165, 1.54) is 0 Å². The Morgan fingerprint density at radius 3 is 3.17 bits per heavy atom. The van der Waals surface area contributed by atoms with Crippen molar-refractivity contribution in [2.45, 2.75) is 24.1 Å². The van der Waals surface area contributed by atoms with Gasteiger partial charge in [0.05, 0.1) is 12.5 Å². The van der Waals surface area contributed by atoms with E-state index in [2.05, 4.69) is 15.5 Å². The fourth-order valence-electron chi connectivity index (χ4n) is 1.67. The molecule has 0 bridgehead atoms. The average molecular weight is 287 g/mol. The summed E-state index contributed by atoms with van der Waals surface area (Å²) in [5.41, 5.74) is 0. The first-order valence-corrected chi connectivity index (χ1v) is 7.84. The molecule has 0 spiro atoms. The van der Waals surface area contributed by atoms with Gasteiger partial charge in [0.15, 0.2) is 4.34 Å². The second kappa shape index (κ2) is 7.06. The molecule has 0 radical (unpaired) electrons. The Hall–Kier alpha value is -0.660. The number of hydrogen-bond donors (Lipinski definition) is 1. The number of carbonyl (C=O) groups excluding carboxylic acids is 1. The molecule has 1 aliphatic heterocycles. The summed E-state index contributed by atoms with van der Waals surface area (Å²) in [7, 11) is 0. The number of hydrogen-bond acceptors (Lipinski definition) is 6. The van der Waals surface area contributed by atoms with Crippen LogP contribution in [0.4, 0.5) is 0 Å². The van der Waals surface area contributed by atoms with Crippen LogP contribution in [0.1, 0.15) is 17.8 Å². The summed E-state index contributed by atoms with van der Waals surface area (Å²) in [6.07, 6.45) is 1.80. The van der Waals surface area contributed by atoms with E-state index in [0.717, 1.165) is 34.5 Å². The van der Waals surface area contributed by atoms with Crippen molar-refractivity contribution >= 4 is 29.0 Å². The van der Waals surface area contributed by atoms with Crippen molar-refractivity contribution < 1.29 is 9.53 Å². The molecule has 2 rings (SSSR count). The number of aryl methyl sites for hydroxylation is 1. The highest BCUT2D eigenvalue weighted by Crippen LogP contribution is 2.22. The third-order valence-electron chi connectivity index (χ3n) is 2.65. The number of carbonyl (C=O) groups is 1. The molecule has 1 atom stereocenters. The van der Waals surface area contributed by atoms with Crippen molar-refractivity contribution in [1.29, 1.82) is 0 Å². The monoisotopic (exact) mass is 287 g/mol. The molecule has 1 N–H and O–H groups in total. The molecule has 0 saturated carbocycles. The van der Waals surface area contributed by atoms with Crippen LogP contribution in [0.25, 0.3) is 0 Å². The van der Waals surface area contributed by atoms with E-state index in [-0.39, 0.29) is 11.8 Å². The van der Waals surface area contributed by atoms with Crippen molar-refractivity contribution in [2.24, 2.45) is 5.92 Å². The first kappa shape index (κ1) is 13.8. The molecule has 0 unspecified atom stereocenters. The van der Waals surface area contributed by atoms with Crippen molar-refractivity contribution in [3.63, 3.8) is 0 Å². The lowest BCUT2D eigenvalue weighted by Gasteiger charge is -2.08. The lowest BCUT2D eigenvalue weighted by molar-refractivity contribution is -0.124. The number of ether oxygens (including phenoxy) is 1. The fraction of sp³-hybridized carbons (Fsp3) is 0.727. The third kappa shape index (κ3) is 4.22. The fourth-order valence-corrected chi connectivity index (χ4v) is 3.49. The predicted octanol–water partition coefficient (Wildman–Crippen LogP) is 1.48. The molecule has 7 heteroatoms. The molecule has 100 valence electrons. The Morgan fingerprint density at radius 1 is 1.61 bits per heavy atom. The van der Waals surface area contributed by atoms with Gasteiger partial charge in [-0.2, -0.15) is 0 Å². The molecule has 1 aromatic heterocycles. The van der Waals surface area contributed by atoms with Gasteiger partial charge in [-0.1, -0.05) is 23.1 Å². The Labute approximate surface area is 115 Å². The molecule has 1 amide bonds. The summed E-state index contributed by atoms with van der Waals surface area (Å²) < 4.78 is 6.19. The van der Waals surface area contributed by atoms with E-state index >= 15 is 0 Å². The van der Waals surface area contributed by atoms with Gasteiger partial charge < -0.3 is 10.1 Å². The van der Waals surface area contributed by atoms with Gasteiger partial charge in [0.1, 0.15) is 5.01 Å². The third-order valence-corrected chi connectivity index (χ3v) is 4.71. The molecule has 18 heavy (non-hydrogen) atoms. The van der Waals surface area contributed by atoms with Gasteiger partial charge in [-0.25, -0.2) is 0 Å². The molecular formula is C11H17N3O2S2. The zero-order valence-corrected chi connectivity index (χ0v) is 12.0. The van der Waals surface area contributed by atoms with Crippen LogP contribution in [0.5, 0.6) is 0 Å².